The Kier molecular flexibility index (Phi) is 6.63. The largest absolute Gasteiger partial charge is 0.496 e. The van der Waals surface area contributed by atoms with Gasteiger partial charge in [0.05, 0.1) is 20.8 Å². The Morgan fingerprint density at radius 3 is 2.16 bits per heavy atom. The molecule has 0 atom stereocenters. The van der Waals surface area contributed by atoms with Crippen molar-refractivity contribution in [2.45, 2.75) is 20.3 Å². The Bertz CT molecular complexity index is 720. The molecule has 2 rings (SSSR count). The number of carbonyl (C=O) groups excluding carboxylic acids is 1. The van der Waals surface area contributed by atoms with Crippen molar-refractivity contribution in [1.82, 2.24) is 0 Å². The summed E-state index contributed by atoms with van der Waals surface area (Å²) in [4.78, 5) is 12.3. The van der Waals surface area contributed by atoms with E-state index < -0.39 is 0 Å². The van der Waals surface area contributed by atoms with Gasteiger partial charge in [0.2, 0.25) is 0 Å². The summed E-state index contributed by atoms with van der Waals surface area (Å²) in [6.07, 6.45) is 4.26. The highest BCUT2D eigenvalue weighted by atomic mass is 16.5. The standard InChI is InChI=1S/C21H24O4/c1-5-12-25-18-9-7-17(8-10-18)19(22)11-6-16-13-20(23-3)15(2)21(14-16)24-4/h6-11,13-14H,5,12H2,1-4H3. The van der Waals surface area contributed by atoms with E-state index in [4.69, 9.17) is 14.2 Å². The highest BCUT2D eigenvalue weighted by Crippen LogP contribution is 2.30. The second-order valence-electron chi connectivity index (χ2n) is 5.62. The van der Waals surface area contributed by atoms with Crippen LogP contribution in [0.5, 0.6) is 17.2 Å². The topological polar surface area (TPSA) is 44.8 Å². The van der Waals surface area contributed by atoms with Crippen LogP contribution >= 0.6 is 0 Å². The Morgan fingerprint density at radius 1 is 1.04 bits per heavy atom. The number of methoxy groups -OCH3 is 2. The molecule has 0 amide bonds. The van der Waals surface area contributed by atoms with Gasteiger partial charge in [-0.1, -0.05) is 13.0 Å². The van der Waals surface area contributed by atoms with Crippen molar-refractivity contribution >= 4 is 11.9 Å². The van der Waals surface area contributed by atoms with Crippen LogP contribution in [0.2, 0.25) is 0 Å². The molecule has 2 aromatic rings. The lowest BCUT2D eigenvalue weighted by molar-refractivity contribution is 0.104. The summed E-state index contributed by atoms with van der Waals surface area (Å²) in [6, 6.07) is 10.9. The second kappa shape index (κ2) is 8.92. The summed E-state index contributed by atoms with van der Waals surface area (Å²) >= 11 is 0. The van der Waals surface area contributed by atoms with E-state index in [1.54, 1.807) is 38.5 Å². The van der Waals surface area contributed by atoms with Gasteiger partial charge in [-0.25, -0.2) is 0 Å². The molecule has 25 heavy (non-hydrogen) atoms. The van der Waals surface area contributed by atoms with Crippen molar-refractivity contribution in [2.24, 2.45) is 0 Å². The first kappa shape index (κ1) is 18.6. The molecule has 0 spiro atoms. The third kappa shape index (κ3) is 4.86. The van der Waals surface area contributed by atoms with E-state index in [9.17, 15) is 4.79 Å². The molecule has 4 nitrogen and oxygen atoms in total. The van der Waals surface area contributed by atoms with Crippen LogP contribution in [-0.2, 0) is 0 Å². The zero-order chi connectivity index (χ0) is 18.2. The van der Waals surface area contributed by atoms with Crippen molar-refractivity contribution in [3.63, 3.8) is 0 Å². The summed E-state index contributed by atoms with van der Waals surface area (Å²) in [6.45, 7) is 4.65. The number of hydrogen-bond acceptors (Lipinski definition) is 4. The van der Waals surface area contributed by atoms with E-state index in [1.165, 1.54) is 0 Å². The number of carbonyl (C=O) groups is 1. The molecule has 0 saturated carbocycles. The highest BCUT2D eigenvalue weighted by molar-refractivity contribution is 6.06. The van der Waals surface area contributed by atoms with Gasteiger partial charge in [-0.15, -0.1) is 0 Å². The average molecular weight is 340 g/mol. The van der Waals surface area contributed by atoms with Gasteiger partial charge in [-0.3, -0.25) is 4.79 Å². The van der Waals surface area contributed by atoms with Crippen molar-refractivity contribution in [3.05, 3.63) is 59.2 Å². The molecule has 0 aliphatic heterocycles. The molecule has 0 radical (unpaired) electrons. The lowest BCUT2D eigenvalue weighted by atomic mass is 10.1. The van der Waals surface area contributed by atoms with Crippen molar-refractivity contribution in [1.29, 1.82) is 0 Å². The molecule has 0 fully saturated rings. The van der Waals surface area contributed by atoms with E-state index in [2.05, 4.69) is 6.92 Å². The zero-order valence-corrected chi connectivity index (χ0v) is 15.2. The Morgan fingerprint density at radius 2 is 1.64 bits per heavy atom. The summed E-state index contributed by atoms with van der Waals surface area (Å²) in [5.74, 6) is 2.16. The number of rotatable bonds is 8. The minimum absolute atomic E-state index is 0.0689. The number of benzene rings is 2. The van der Waals surface area contributed by atoms with Crippen molar-refractivity contribution < 1.29 is 19.0 Å². The Hall–Kier alpha value is -2.75. The minimum Gasteiger partial charge on any atom is -0.496 e. The molecule has 132 valence electrons. The van der Waals surface area contributed by atoms with Gasteiger partial charge in [-0.2, -0.15) is 0 Å². The quantitative estimate of drug-likeness (QED) is 0.516. The van der Waals surface area contributed by atoms with Crippen LogP contribution in [0.1, 0.15) is 34.8 Å². The minimum atomic E-state index is -0.0689. The first-order valence-corrected chi connectivity index (χ1v) is 8.27. The average Bonchev–Trinajstić information content (AvgIpc) is 2.65. The summed E-state index contributed by atoms with van der Waals surface area (Å²) < 4.78 is 16.2. The lowest BCUT2D eigenvalue weighted by Crippen LogP contribution is -1.97. The molecular formula is C21H24O4. The predicted molar refractivity (Wildman–Crippen MR) is 99.9 cm³/mol. The highest BCUT2D eigenvalue weighted by Gasteiger charge is 2.08. The number of ether oxygens (including phenoxy) is 3. The van der Waals surface area contributed by atoms with E-state index in [1.807, 2.05) is 31.2 Å². The van der Waals surface area contributed by atoms with Gasteiger partial charge in [0, 0.05) is 11.1 Å². The Labute approximate surface area is 149 Å². The molecule has 0 N–H and O–H groups in total. The summed E-state index contributed by atoms with van der Waals surface area (Å²) in [5, 5.41) is 0. The van der Waals surface area contributed by atoms with Gasteiger partial charge in [0.1, 0.15) is 17.2 Å². The van der Waals surface area contributed by atoms with Crippen LogP contribution in [0.3, 0.4) is 0 Å². The first-order valence-electron chi connectivity index (χ1n) is 8.27. The van der Waals surface area contributed by atoms with Gasteiger partial charge in [0.15, 0.2) is 5.78 Å². The maximum Gasteiger partial charge on any atom is 0.185 e. The third-order valence-electron chi connectivity index (χ3n) is 3.81. The summed E-state index contributed by atoms with van der Waals surface area (Å²) in [7, 11) is 3.23. The van der Waals surface area contributed by atoms with E-state index in [0.29, 0.717) is 12.2 Å². The maximum absolute atomic E-state index is 12.3. The fraction of sp³-hybridized carbons (Fsp3) is 0.286. The van der Waals surface area contributed by atoms with Gasteiger partial charge < -0.3 is 14.2 Å². The summed E-state index contributed by atoms with van der Waals surface area (Å²) in [5.41, 5.74) is 2.39. The molecule has 4 heteroatoms. The monoisotopic (exact) mass is 340 g/mol. The van der Waals surface area contributed by atoms with Crippen LogP contribution in [0.25, 0.3) is 6.08 Å². The molecular weight excluding hydrogens is 316 g/mol. The fourth-order valence-electron chi connectivity index (χ4n) is 2.41. The van der Waals surface area contributed by atoms with Crippen LogP contribution in [0.15, 0.2) is 42.5 Å². The smallest absolute Gasteiger partial charge is 0.185 e. The molecule has 0 aromatic heterocycles. The van der Waals surface area contributed by atoms with Crippen molar-refractivity contribution in [2.75, 3.05) is 20.8 Å². The SMILES string of the molecule is CCCOc1ccc(C(=O)C=Cc2cc(OC)c(C)c(OC)c2)cc1. The van der Waals surface area contributed by atoms with Crippen molar-refractivity contribution in [3.8, 4) is 17.2 Å². The van der Waals surface area contributed by atoms with Crippen LogP contribution in [0.4, 0.5) is 0 Å². The first-order chi connectivity index (χ1) is 12.1. The third-order valence-corrected chi connectivity index (χ3v) is 3.81. The zero-order valence-electron chi connectivity index (χ0n) is 15.2. The van der Waals surface area contributed by atoms with Gasteiger partial charge in [-0.05, 0) is 61.4 Å². The Balaban J connectivity index is 2.14. The van der Waals surface area contributed by atoms with E-state index in [-0.39, 0.29) is 5.78 Å². The molecule has 0 aliphatic carbocycles. The molecule has 0 saturated heterocycles. The van der Waals surface area contributed by atoms with Gasteiger partial charge >= 0.3 is 0 Å². The van der Waals surface area contributed by atoms with Gasteiger partial charge in [0.25, 0.3) is 0 Å². The number of allylic oxidation sites excluding steroid dienone is 1. The van der Waals surface area contributed by atoms with Crippen LogP contribution < -0.4 is 14.2 Å². The lowest BCUT2D eigenvalue weighted by Gasteiger charge is -2.10. The normalized spacial score (nSPS) is 10.7. The van der Waals surface area contributed by atoms with Crippen LogP contribution in [-0.4, -0.2) is 26.6 Å². The maximum atomic E-state index is 12.3. The predicted octanol–water partition coefficient (Wildman–Crippen LogP) is 4.70. The molecule has 0 aliphatic rings. The van der Waals surface area contributed by atoms with E-state index in [0.717, 1.165) is 34.8 Å². The molecule has 0 bridgehead atoms. The number of ketones is 1. The molecule has 0 heterocycles. The second-order valence-corrected chi connectivity index (χ2v) is 5.62. The van der Waals surface area contributed by atoms with E-state index >= 15 is 0 Å². The van der Waals surface area contributed by atoms with Crippen LogP contribution in [0, 0.1) is 6.92 Å². The molecule has 2 aromatic carbocycles. The molecule has 0 unspecified atom stereocenters. The fourth-order valence-corrected chi connectivity index (χ4v) is 2.41. The number of hydrogen-bond donors (Lipinski definition) is 0.